The molecular weight excluding hydrogens is 853 g/mol. The molecule has 6 heteroatoms. The van der Waals surface area contributed by atoms with Gasteiger partial charge in [-0.3, -0.25) is 14.4 Å². The van der Waals surface area contributed by atoms with Crippen LogP contribution in [0.15, 0.2) is 97.2 Å². The van der Waals surface area contributed by atoms with E-state index in [2.05, 4.69) is 118 Å². The van der Waals surface area contributed by atoms with E-state index < -0.39 is 6.10 Å². The van der Waals surface area contributed by atoms with Crippen LogP contribution in [0.1, 0.15) is 265 Å². The molecule has 0 saturated heterocycles. The highest BCUT2D eigenvalue weighted by molar-refractivity contribution is 5.71. The van der Waals surface area contributed by atoms with Crippen LogP contribution in [0.3, 0.4) is 0 Å². The Morgan fingerprint density at radius 2 is 0.580 bits per heavy atom. The lowest BCUT2D eigenvalue weighted by Gasteiger charge is -2.18. The number of allylic oxidation sites excluding steroid dienone is 16. The zero-order chi connectivity index (χ0) is 50.0. The minimum atomic E-state index is -0.786. The molecule has 0 N–H and O–H groups in total. The van der Waals surface area contributed by atoms with E-state index in [0.29, 0.717) is 19.3 Å². The minimum absolute atomic E-state index is 0.0843. The zero-order valence-electron chi connectivity index (χ0n) is 45.0. The quantitative estimate of drug-likeness (QED) is 0.0262. The molecule has 1 atom stereocenters. The van der Waals surface area contributed by atoms with Gasteiger partial charge in [0, 0.05) is 19.3 Å². The SMILES string of the molecule is CC/C=C\C/C=C\C/C=C\C/C=C\C/C=C\C/C=C\CCCCCCCCCCC(=O)OCC(COC(=O)CCCCCCCCCCCC)OC(=O)CCCCCCC/C=C\C/C=C\CCCC. The van der Waals surface area contributed by atoms with Crippen molar-refractivity contribution in [2.75, 3.05) is 13.2 Å². The molecule has 69 heavy (non-hydrogen) atoms. The molecule has 0 aliphatic heterocycles. The van der Waals surface area contributed by atoms with E-state index in [1.807, 2.05) is 0 Å². The highest BCUT2D eigenvalue weighted by Crippen LogP contribution is 2.15. The summed E-state index contributed by atoms with van der Waals surface area (Å²) in [5.41, 5.74) is 0. The van der Waals surface area contributed by atoms with Crippen molar-refractivity contribution in [1.82, 2.24) is 0 Å². The Hall–Kier alpha value is -3.67. The lowest BCUT2D eigenvalue weighted by atomic mass is 10.1. The van der Waals surface area contributed by atoms with Gasteiger partial charge >= 0.3 is 17.9 Å². The molecular formula is C63H106O6. The minimum Gasteiger partial charge on any atom is -0.462 e. The Kier molecular flexibility index (Phi) is 53.9. The molecule has 0 aromatic carbocycles. The summed E-state index contributed by atoms with van der Waals surface area (Å²) in [4.78, 5) is 38.0. The first-order valence-electron chi connectivity index (χ1n) is 28.7. The molecule has 0 fully saturated rings. The standard InChI is InChI=1S/C63H106O6/c1-4-7-10-13-16-19-22-24-26-27-28-29-30-31-32-33-34-35-36-37-38-40-41-44-47-50-53-56-62(65)68-59-60(58-67-61(64)55-52-49-46-43-21-18-15-12-9-6-3)69-63(66)57-54-51-48-45-42-39-25-23-20-17-14-11-8-5-2/h7,10,14,16-17,19,23-26,28-29,31-32,34-35,60H,4-6,8-9,11-13,15,18,20-22,27,30,33,36-59H2,1-3H3/b10-7-,17-14-,19-16-,25-23-,26-24-,29-28-,32-31-,35-34-. The number of carbonyl (C=O) groups is 3. The van der Waals surface area contributed by atoms with E-state index in [1.54, 1.807) is 0 Å². The maximum atomic E-state index is 12.8. The second kappa shape index (κ2) is 56.9. The molecule has 0 amide bonds. The van der Waals surface area contributed by atoms with Crippen molar-refractivity contribution in [2.45, 2.75) is 271 Å². The number of hydrogen-bond acceptors (Lipinski definition) is 6. The third-order valence-corrected chi connectivity index (χ3v) is 12.1. The van der Waals surface area contributed by atoms with Crippen molar-refractivity contribution < 1.29 is 28.6 Å². The molecule has 1 unspecified atom stereocenters. The molecule has 0 aromatic rings. The number of ether oxygens (including phenoxy) is 3. The first-order chi connectivity index (χ1) is 34.0. The summed E-state index contributed by atoms with van der Waals surface area (Å²) in [7, 11) is 0. The first kappa shape index (κ1) is 65.3. The van der Waals surface area contributed by atoms with Crippen LogP contribution >= 0.6 is 0 Å². The van der Waals surface area contributed by atoms with Gasteiger partial charge in [-0.15, -0.1) is 0 Å². The molecule has 0 aromatic heterocycles. The van der Waals surface area contributed by atoms with Gasteiger partial charge in [0.15, 0.2) is 6.10 Å². The average molecular weight is 960 g/mol. The molecule has 0 bridgehead atoms. The van der Waals surface area contributed by atoms with Gasteiger partial charge in [0.25, 0.3) is 0 Å². The normalized spacial score (nSPS) is 12.8. The maximum Gasteiger partial charge on any atom is 0.306 e. The Morgan fingerprint density at radius 3 is 0.928 bits per heavy atom. The Bertz CT molecular complexity index is 1380. The number of carbonyl (C=O) groups excluding carboxylic acids is 3. The largest absolute Gasteiger partial charge is 0.462 e. The summed E-state index contributed by atoms with van der Waals surface area (Å²) < 4.78 is 16.8. The van der Waals surface area contributed by atoms with Crippen LogP contribution in [0.2, 0.25) is 0 Å². The van der Waals surface area contributed by atoms with Gasteiger partial charge in [0.2, 0.25) is 0 Å². The van der Waals surface area contributed by atoms with E-state index in [9.17, 15) is 14.4 Å². The van der Waals surface area contributed by atoms with Crippen LogP contribution in [0.25, 0.3) is 0 Å². The van der Waals surface area contributed by atoms with Gasteiger partial charge in [-0.05, 0) is 96.3 Å². The molecule has 0 aliphatic rings. The molecule has 394 valence electrons. The lowest BCUT2D eigenvalue weighted by molar-refractivity contribution is -0.167. The van der Waals surface area contributed by atoms with Gasteiger partial charge in [0.1, 0.15) is 13.2 Å². The Morgan fingerprint density at radius 1 is 0.304 bits per heavy atom. The molecule has 0 saturated carbocycles. The van der Waals surface area contributed by atoms with E-state index in [0.717, 1.165) is 128 Å². The summed E-state index contributed by atoms with van der Waals surface area (Å²) in [6, 6.07) is 0. The van der Waals surface area contributed by atoms with E-state index >= 15 is 0 Å². The maximum absolute atomic E-state index is 12.8. The van der Waals surface area contributed by atoms with Crippen molar-refractivity contribution in [1.29, 1.82) is 0 Å². The van der Waals surface area contributed by atoms with Gasteiger partial charge < -0.3 is 14.2 Å². The highest BCUT2D eigenvalue weighted by Gasteiger charge is 2.19. The Balaban J connectivity index is 4.27. The summed E-state index contributed by atoms with van der Waals surface area (Å²) in [5, 5.41) is 0. The fourth-order valence-electron chi connectivity index (χ4n) is 7.76. The smallest absolute Gasteiger partial charge is 0.306 e. The van der Waals surface area contributed by atoms with E-state index in [-0.39, 0.29) is 31.1 Å². The molecule has 0 rings (SSSR count). The summed E-state index contributed by atoms with van der Waals surface area (Å²) in [6.07, 6.45) is 75.4. The van der Waals surface area contributed by atoms with Crippen LogP contribution in [-0.4, -0.2) is 37.2 Å². The third-order valence-electron chi connectivity index (χ3n) is 12.1. The van der Waals surface area contributed by atoms with E-state index in [1.165, 1.54) is 96.3 Å². The summed E-state index contributed by atoms with van der Waals surface area (Å²) in [6.45, 7) is 6.46. The summed E-state index contributed by atoms with van der Waals surface area (Å²) >= 11 is 0. The molecule has 0 aliphatic carbocycles. The third kappa shape index (κ3) is 55.1. The first-order valence-corrected chi connectivity index (χ1v) is 28.7. The summed E-state index contributed by atoms with van der Waals surface area (Å²) in [5.74, 6) is -0.907. The fourth-order valence-corrected chi connectivity index (χ4v) is 7.76. The molecule has 6 nitrogen and oxygen atoms in total. The van der Waals surface area contributed by atoms with Crippen LogP contribution in [0.4, 0.5) is 0 Å². The molecule has 0 radical (unpaired) electrons. The highest BCUT2D eigenvalue weighted by atomic mass is 16.6. The van der Waals surface area contributed by atoms with Crippen LogP contribution in [-0.2, 0) is 28.6 Å². The van der Waals surface area contributed by atoms with Crippen molar-refractivity contribution >= 4 is 17.9 Å². The van der Waals surface area contributed by atoms with Crippen LogP contribution < -0.4 is 0 Å². The van der Waals surface area contributed by atoms with Crippen molar-refractivity contribution in [2.24, 2.45) is 0 Å². The van der Waals surface area contributed by atoms with Gasteiger partial charge in [-0.2, -0.15) is 0 Å². The fraction of sp³-hybridized carbons (Fsp3) is 0.698. The number of rotatable bonds is 51. The zero-order valence-corrected chi connectivity index (χ0v) is 45.0. The van der Waals surface area contributed by atoms with Crippen LogP contribution in [0, 0.1) is 0 Å². The molecule has 0 spiro atoms. The monoisotopic (exact) mass is 959 g/mol. The number of hydrogen-bond donors (Lipinski definition) is 0. The number of esters is 3. The van der Waals surface area contributed by atoms with Crippen molar-refractivity contribution in [3.63, 3.8) is 0 Å². The second-order valence-corrected chi connectivity index (χ2v) is 18.8. The van der Waals surface area contributed by atoms with E-state index in [4.69, 9.17) is 14.2 Å². The van der Waals surface area contributed by atoms with Gasteiger partial charge in [-0.25, -0.2) is 0 Å². The lowest BCUT2D eigenvalue weighted by Crippen LogP contribution is -2.30. The average Bonchev–Trinajstić information content (AvgIpc) is 3.35. The van der Waals surface area contributed by atoms with Gasteiger partial charge in [-0.1, -0.05) is 246 Å². The van der Waals surface area contributed by atoms with Gasteiger partial charge in [0.05, 0.1) is 0 Å². The van der Waals surface area contributed by atoms with Crippen LogP contribution in [0.5, 0.6) is 0 Å². The predicted octanol–water partition coefficient (Wildman–Crippen LogP) is 19.3. The van der Waals surface area contributed by atoms with Crippen molar-refractivity contribution in [3.8, 4) is 0 Å². The molecule has 0 heterocycles. The predicted molar refractivity (Wildman–Crippen MR) is 297 cm³/mol. The van der Waals surface area contributed by atoms with Crippen molar-refractivity contribution in [3.05, 3.63) is 97.2 Å². The second-order valence-electron chi connectivity index (χ2n) is 18.8. The topological polar surface area (TPSA) is 78.9 Å². The number of unbranched alkanes of at least 4 members (excludes halogenated alkanes) is 24. The Labute approximate surface area is 426 Å².